The highest BCUT2D eigenvalue weighted by atomic mass is 16.6. The number of amides is 1. The molecule has 98 valence electrons. The molecule has 4 nitrogen and oxygen atoms in total. The summed E-state index contributed by atoms with van der Waals surface area (Å²) in [6, 6.07) is 0. The van der Waals surface area contributed by atoms with Crippen LogP contribution in [0.5, 0.6) is 0 Å². The molecule has 1 fully saturated rings. The van der Waals surface area contributed by atoms with Crippen LogP contribution in [0.3, 0.4) is 0 Å². The van der Waals surface area contributed by atoms with Gasteiger partial charge in [0.25, 0.3) is 0 Å². The molecule has 4 heteroatoms. The van der Waals surface area contributed by atoms with Crippen molar-refractivity contribution in [2.75, 3.05) is 13.6 Å². The first-order valence-electron chi connectivity index (χ1n) is 6.15. The van der Waals surface area contributed by atoms with E-state index in [4.69, 9.17) is 4.74 Å². The van der Waals surface area contributed by atoms with E-state index in [-0.39, 0.29) is 12.3 Å². The molecule has 0 N–H and O–H groups in total. The van der Waals surface area contributed by atoms with Crippen molar-refractivity contribution in [3.8, 4) is 0 Å². The minimum atomic E-state index is -0.514. The van der Waals surface area contributed by atoms with Crippen LogP contribution in [0.25, 0.3) is 0 Å². The lowest BCUT2D eigenvalue weighted by Crippen LogP contribution is -2.37. The standard InChI is InChI=1S/C13H23NO3/c1-9-6-10(9)7-11(15)8-14(5)12(16)17-13(2,3)4/h9-10H,6-8H2,1-5H3. The zero-order chi connectivity index (χ0) is 13.2. The summed E-state index contributed by atoms with van der Waals surface area (Å²) in [6.45, 7) is 7.74. The number of ketones is 1. The number of ether oxygens (including phenoxy) is 1. The first-order valence-corrected chi connectivity index (χ1v) is 6.15. The number of Topliss-reactive ketones (excluding diaryl/α,β-unsaturated/α-hetero) is 1. The van der Waals surface area contributed by atoms with E-state index in [0.29, 0.717) is 18.3 Å². The number of nitrogens with zero attached hydrogens (tertiary/aromatic N) is 1. The average molecular weight is 241 g/mol. The molecule has 0 radical (unpaired) electrons. The van der Waals surface area contributed by atoms with E-state index in [1.54, 1.807) is 7.05 Å². The van der Waals surface area contributed by atoms with Crippen molar-refractivity contribution in [3.63, 3.8) is 0 Å². The molecule has 1 saturated carbocycles. The molecule has 1 rings (SSSR count). The van der Waals surface area contributed by atoms with Crippen molar-refractivity contribution in [2.24, 2.45) is 11.8 Å². The summed E-state index contributed by atoms with van der Waals surface area (Å²) in [4.78, 5) is 24.6. The molecule has 1 aliphatic carbocycles. The fourth-order valence-corrected chi connectivity index (χ4v) is 1.71. The Balaban J connectivity index is 2.30. The monoisotopic (exact) mass is 241 g/mol. The predicted molar refractivity (Wildman–Crippen MR) is 65.8 cm³/mol. The van der Waals surface area contributed by atoms with Crippen molar-refractivity contribution in [1.82, 2.24) is 4.90 Å². The second kappa shape index (κ2) is 5.07. The molecule has 0 heterocycles. The highest BCUT2D eigenvalue weighted by Crippen LogP contribution is 2.40. The second-order valence-electron chi connectivity index (χ2n) is 6.05. The maximum Gasteiger partial charge on any atom is 0.410 e. The van der Waals surface area contributed by atoms with Gasteiger partial charge in [0.15, 0.2) is 5.78 Å². The van der Waals surface area contributed by atoms with Crippen LogP contribution in [0.1, 0.15) is 40.5 Å². The highest BCUT2D eigenvalue weighted by Gasteiger charge is 2.34. The maximum absolute atomic E-state index is 11.7. The van der Waals surface area contributed by atoms with Gasteiger partial charge in [-0.2, -0.15) is 0 Å². The minimum Gasteiger partial charge on any atom is -0.444 e. The lowest BCUT2D eigenvalue weighted by atomic mass is 10.1. The molecular weight excluding hydrogens is 218 g/mol. The molecule has 0 bridgehead atoms. The largest absolute Gasteiger partial charge is 0.444 e. The third kappa shape index (κ3) is 5.20. The Labute approximate surface area is 103 Å². The fraction of sp³-hybridized carbons (Fsp3) is 0.846. The van der Waals surface area contributed by atoms with Gasteiger partial charge in [0.2, 0.25) is 0 Å². The molecule has 1 aliphatic rings. The van der Waals surface area contributed by atoms with E-state index in [2.05, 4.69) is 6.92 Å². The molecule has 0 aromatic carbocycles. The zero-order valence-corrected chi connectivity index (χ0v) is 11.4. The van der Waals surface area contributed by atoms with Gasteiger partial charge in [0, 0.05) is 13.5 Å². The summed E-state index contributed by atoms with van der Waals surface area (Å²) >= 11 is 0. The first-order chi connectivity index (χ1) is 7.69. The van der Waals surface area contributed by atoms with E-state index in [0.717, 1.165) is 6.42 Å². The van der Waals surface area contributed by atoms with Crippen LogP contribution in [0.4, 0.5) is 4.79 Å². The smallest absolute Gasteiger partial charge is 0.410 e. The highest BCUT2D eigenvalue weighted by molar-refractivity contribution is 5.84. The van der Waals surface area contributed by atoms with E-state index in [1.807, 2.05) is 20.8 Å². The Morgan fingerprint density at radius 1 is 1.35 bits per heavy atom. The molecule has 2 atom stereocenters. The maximum atomic E-state index is 11.7. The summed E-state index contributed by atoms with van der Waals surface area (Å²) in [5.41, 5.74) is -0.514. The van der Waals surface area contributed by atoms with Crippen LogP contribution in [-0.2, 0) is 9.53 Å². The molecule has 0 aliphatic heterocycles. The number of hydrogen-bond acceptors (Lipinski definition) is 3. The lowest BCUT2D eigenvalue weighted by molar-refractivity contribution is -0.120. The van der Waals surface area contributed by atoms with Crippen LogP contribution in [0.15, 0.2) is 0 Å². The molecular formula is C13H23NO3. The van der Waals surface area contributed by atoms with E-state index >= 15 is 0 Å². The Bertz CT molecular complexity index is 306. The van der Waals surface area contributed by atoms with Crippen molar-refractivity contribution < 1.29 is 14.3 Å². The minimum absolute atomic E-state index is 0.118. The Kier molecular flexibility index (Phi) is 4.17. The summed E-state index contributed by atoms with van der Waals surface area (Å²) in [5.74, 6) is 1.33. The van der Waals surface area contributed by atoms with Gasteiger partial charge >= 0.3 is 6.09 Å². The zero-order valence-electron chi connectivity index (χ0n) is 11.4. The third-order valence-corrected chi connectivity index (χ3v) is 2.88. The number of likely N-dealkylation sites (N-methyl/N-ethyl adjacent to an activating group) is 1. The van der Waals surface area contributed by atoms with Gasteiger partial charge < -0.3 is 9.64 Å². The number of hydrogen-bond donors (Lipinski definition) is 0. The van der Waals surface area contributed by atoms with Gasteiger partial charge in [-0.25, -0.2) is 4.79 Å². The summed E-state index contributed by atoms with van der Waals surface area (Å²) in [5, 5.41) is 0. The van der Waals surface area contributed by atoms with Crippen molar-refractivity contribution in [3.05, 3.63) is 0 Å². The lowest BCUT2D eigenvalue weighted by Gasteiger charge is -2.24. The SMILES string of the molecule is CC1CC1CC(=O)CN(C)C(=O)OC(C)(C)C. The van der Waals surface area contributed by atoms with Crippen LogP contribution in [0.2, 0.25) is 0 Å². The molecule has 0 spiro atoms. The van der Waals surface area contributed by atoms with Crippen molar-refractivity contribution in [2.45, 2.75) is 46.1 Å². The Hall–Kier alpha value is -1.06. The average Bonchev–Trinajstić information content (AvgIpc) is 2.77. The summed E-state index contributed by atoms with van der Waals surface area (Å²) < 4.78 is 5.18. The van der Waals surface area contributed by atoms with Crippen LogP contribution >= 0.6 is 0 Å². The number of rotatable bonds is 4. The Morgan fingerprint density at radius 3 is 2.29 bits per heavy atom. The molecule has 0 saturated heterocycles. The number of carbonyl (C=O) groups excluding carboxylic acids is 2. The van der Waals surface area contributed by atoms with Gasteiger partial charge in [-0.15, -0.1) is 0 Å². The molecule has 2 unspecified atom stereocenters. The molecule has 0 aromatic rings. The van der Waals surface area contributed by atoms with E-state index in [9.17, 15) is 9.59 Å². The predicted octanol–water partition coefficient (Wildman–Crippen LogP) is 2.47. The van der Waals surface area contributed by atoms with Gasteiger partial charge in [0.1, 0.15) is 5.60 Å². The Morgan fingerprint density at radius 2 is 1.88 bits per heavy atom. The van der Waals surface area contributed by atoms with Gasteiger partial charge in [-0.05, 0) is 39.0 Å². The van der Waals surface area contributed by atoms with Crippen LogP contribution in [0, 0.1) is 11.8 Å². The quantitative estimate of drug-likeness (QED) is 0.759. The van der Waals surface area contributed by atoms with Crippen molar-refractivity contribution in [1.29, 1.82) is 0 Å². The molecule has 0 aromatic heterocycles. The third-order valence-electron chi connectivity index (χ3n) is 2.88. The number of carbonyl (C=O) groups is 2. The van der Waals surface area contributed by atoms with Gasteiger partial charge in [-0.1, -0.05) is 6.92 Å². The summed E-state index contributed by atoms with van der Waals surface area (Å²) in [7, 11) is 1.60. The first kappa shape index (κ1) is 14.0. The van der Waals surface area contributed by atoms with Crippen molar-refractivity contribution >= 4 is 11.9 Å². The van der Waals surface area contributed by atoms with E-state index in [1.165, 1.54) is 4.90 Å². The normalized spacial score (nSPS) is 23.1. The van der Waals surface area contributed by atoms with Gasteiger partial charge in [0.05, 0.1) is 6.54 Å². The fourth-order valence-electron chi connectivity index (χ4n) is 1.71. The molecule has 17 heavy (non-hydrogen) atoms. The summed E-state index contributed by atoms with van der Waals surface area (Å²) in [6.07, 6.45) is 1.30. The second-order valence-corrected chi connectivity index (χ2v) is 6.05. The van der Waals surface area contributed by atoms with Crippen LogP contribution < -0.4 is 0 Å². The topological polar surface area (TPSA) is 46.6 Å². The molecule has 1 amide bonds. The van der Waals surface area contributed by atoms with E-state index < -0.39 is 11.7 Å². The van der Waals surface area contributed by atoms with Gasteiger partial charge in [-0.3, -0.25) is 4.79 Å². The van der Waals surface area contributed by atoms with Crippen LogP contribution in [-0.4, -0.2) is 36.0 Å².